The number of nitrogens with one attached hydrogen (secondary N) is 1. The van der Waals surface area contributed by atoms with Crippen LogP contribution in [0.3, 0.4) is 0 Å². The fraction of sp³-hybridized carbons (Fsp3) is 0.500. The van der Waals surface area contributed by atoms with Crippen LogP contribution in [0.1, 0.15) is 24.8 Å². The van der Waals surface area contributed by atoms with Gasteiger partial charge in [0.15, 0.2) is 0 Å². The zero-order valence-corrected chi connectivity index (χ0v) is 10.7. The number of hydrogen-bond donors (Lipinski definition) is 2. The van der Waals surface area contributed by atoms with Crippen LogP contribution >= 0.6 is 0 Å². The van der Waals surface area contributed by atoms with E-state index in [0.29, 0.717) is 13.0 Å². The Morgan fingerprint density at radius 3 is 2.50 bits per heavy atom. The SMILES string of the molecule is NCc1ccc(NC(=O)CCN2CCCC2)cc1. The summed E-state index contributed by atoms with van der Waals surface area (Å²) in [5, 5.41) is 2.91. The van der Waals surface area contributed by atoms with Crippen molar-refractivity contribution in [1.29, 1.82) is 0 Å². The number of nitrogens with two attached hydrogens (primary N) is 1. The molecule has 1 saturated heterocycles. The highest BCUT2D eigenvalue weighted by atomic mass is 16.1. The van der Waals surface area contributed by atoms with E-state index < -0.39 is 0 Å². The molecule has 1 aromatic carbocycles. The van der Waals surface area contributed by atoms with E-state index in [1.54, 1.807) is 0 Å². The standard InChI is InChI=1S/C14H21N3O/c15-11-12-3-5-13(6-4-12)16-14(18)7-10-17-8-1-2-9-17/h3-6H,1-2,7-11,15H2,(H,16,18). The second-order valence-corrected chi connectivity index (χ2v) is 4.75. The average molecular weight is 247 g/mol. The molecule has 98 valence electrons. The van der Waals surface area contributed by atoms with Gasteiger partial charge in [-0.25, -0.2) is 0 Å². The number of amides is 1. The van der Waals surface area contributed by atoms with E-state index in [0.717, 1.165) is 30.9 Å². The van der Waals surface area contributed by atoms with E-state index in [1.165, 1.54) is 12.8 Å². The molecule has 2 rings (SSSR count). The lowest BCUT2D eigenvalue weighted by atomic mass is 10.2. The maximum Gasteiger partial charge on any atom is 0.225 e. The van der Waals surface area contributed by atoms with Gasteiger partial charge < -0.3 is 16.0 Å². The van der Waals surface area contributed by atoms with E-state index in [1.807, 2.05) is 24.3 Å². The van der Waals surface area contributed by atoms with E-state index >= 15 is 0 Å². The minimum Gasteiger partial charge on any atom is -0.326 e. The van der Waals surface area contributed by atoms with Crippen LogP contribution in [0.4, 0.5) is 5.69 Å². The molecule has 0 radical (unpaired) electrons. The van der Waals surface area contributed by atoms with Gasteiger partial charge in [0.25, 0.3) is 0 Å². The van der Waals surface area contributed by atoms with Crippen LogP contribution in [-0.2, 0) is 11.3 Å². The van der Waals surface area contributed by atoms with Gasteiger partial charge >= 0.3 is 0 Å². The fourth-order valence-electron chi connectivity index (χ4n) is 2.21. The molecule has 0 bridgehead atoms. The molecule has 0 unspecified atom stereocenters. The molecule has 1 aliphatic heterocycles. The molecule has 0 spiro atoms. The van der Waals surface area contributed by atoms with Gasteiger partial charge in [0.1, 0.15) is 0 Å². The van der Waals surface area contributed by atoms with Gasteiger partial charge in [-0.15, -0.1) is 0 Å². The Balaban J connectivity index is 1.75. The number of nitrogens with zero attached hydrogens (tertiary/aromatic N) is 1. The van der Waals surface area contributed by atoms with Crippen molar-refractivity contribution in [2.24, 2.45) is 5.73 Å². The first kappa shape index (κ1) is 13.1. The molecular weight excluding hydrogens is 226 g/mol. The summed E-state index contributed by atoms with van der Waals surface area (Å²) in [4.78, 5) is 14.1. The summed E-state index contributed by atoms with van der Waals surface area (Å²) >= 11 is 0. The van der Waals surface area contributed by atoms with Crippen LogP contribution in [0.2, 0.25) is 0 Å². The fourth-order valence-corrected chi connectivity index (χ4v) is 2.21. The van der Waals surface area contributed by atoms with Crippen molar-refractivity contribution in [1.82, 2.24) is 4.90 Å². The number of likely N-dealkylation sites (tertiary alicyclic amines) is 1. The summed E-state index contributed by atoms with van der Waals surface area (Å²) < 4.78 is 0. The van der Waals surface area contributed by atoms with Crippen molar-refractivity contribution < 1.29 is 4.79 Å². The normalized spacial score (nSPS) is 15.8. The molecule has 3 N–H and O–H groups in total. The zero-order chi connectivity index (χ0) is 12.8. The number of anilines is 1. The van der Waals surface area contributed by atoms with Crippen molar-refractivity contribution >= 4 is 11.6 Å². The Labute approximate surface area is 108 Å². The van der Waals surface area contributed by atoms with Gasteiger partial charge in [-0.3, -0.25) is 4.79 Å². The molecule has 18 heavy (non-hydrogen) atoms. The Kier molecular flexibility index (Phi) is 4.73. The number of carbonyl (C=O) groups excluding carboxylic acids is 1. The Morgan fingerprint density at radius 1 is 1.22 bits per heavy atom. The first-order valence-electron chi connectivity index (χ1n) is 6.59. The third-order valence-electron chi connectivity index (χ3n) is 3.33. The summed E-state index contributed by atoms with van der Waals surface area (Å²) in [7, 11) is 0. The second kappa shape index (κ2) is 6.52. The maximum atomic E-state index is 11.8. The monoisotopic (exact) mass is 247 g/mol. The topological polar surface area (TPSA) is 58.4 Å². The molecule has 0 saturated carbocycles. The summed E-state index contributed by atoms with van der Waals surface area (Å²) in [6.45, 7) is 3.67. The van der Waals surface area contributed by atoms with E-state index in [-0.39, 0.29) is 5.91 Å². The first-order valence-corrected chi connectivity index (χ1v) is 6.59. The molecule has 4 heteroatoms. The van der Waals surface area contributed by atoms with Gasteiger partial charge in [-0.1, -0.05) is 12.1 Å². The van der Waals surface area contributed by atoms with Gasteiger partial charge in [0, 0.05) is 25.2 Å². The van der Waals surface area contributed by atoms with Gasteiger partial charge in [-0.2, -0.15) is 0 Å². The number of rotatable bonds is 5. The van der Waals surface area contributed by atoms with Crippen molar-refractivity contribution in [3.63, 3.8) is 0 Å². The van der Waals surface area contributed by atoms with Crippen LogP contribution in [0.25, 0.3) is 0 Å². The first-order chi connectivity index (χ1) is 8.78. The van der Waals surface area contributed by atoms with Crippen molar-refractivity contribution in [2.75, 3.05) is 25.0 Å². The number of benzene rings is 1. The molecular formula is C14H21N3O. The van der Waals surface area contributed by atoms with E-state index in [9.17, 15) is 4.79 Å². The number of hydrogen-bond acceptors (Lipinski definition) is 3. The molecule has 0 aliphatic carbocycles. The summed E-state index contributed by atoms with van der Waals surface area (Å²) in [6.07, 6.45) is 3.10. The average Bonchev–Trinajstić information content (AvgIpc) is 2.90. The summed E-state index contributed by atoms with van der Waals surface area (Å²) in [5.41, 5.74) is 7.45. The molecule has 1 heterocycles. The van der Waals surface area contributed by atoms with Gasteiger partial charge in [-0.05, 0) is 43.6 Å². The lowest BCUT2D eigenvalue weighted by molar-refractivity contribution is -0.116. The number of carbonyl (C=O) groups is 1. The summed E-state index contributed by atoms with van der Waals surface area (Å²) in [6, 6.07) is 7.68. The van der Waals surface area contributed by atoms with Crippen LogP contribution in [0, 0.1) is 0 Å². The molecule has 1 aliphatic rings. The van der Waals surface area contributed by atoms with E-state index in [4.69, 9.17) is 5.73 Å². The van der Waals surface area contributed by atoms with E-state index in [2.05, 4.69) is 10.2 Å². The van der Waals surface area contributed by atoms with Gasteiger partial charge in [0.05, 0.1) is 0 Å². The predicted molar refractivity (Wildman–Crippen MR) is 73.3 cm³/mol. The quantitative estimate of drug-likeness (QED) is 0.830. The molecule has 1 aromatic rings. The maximum absolute atomic E-state index is 11.8. The lowest BCUT2D eigenvalue weighted by Gasteiger charge is -2.14. The molecule has 0 aromatic heterocycles. The highest BCUT2D eigenvalue weighted by molar-refractivity contribution is 5.90. The Morgan fingerprint density at radius 2 is 1.89 bits per heavy atom. The lowest BCUT2D eigenvalue weighted by Crippen LogP contribution is -2.25. The summed E-state index contributed by atoms with van der Waals surface area (Å²) in [5.74, 6) is 0.0856. The molecule has 0 atom stereocenters. The minimum absolute atomic E-state index is 0.0856. The van der Waals surface area contributed by atoms with Crippen molar-refractivity contribution in [2.45, 2.75) is 25.8 Å². The highest BCUT2D eigenvalue weighted by Crippen LogP contribution is 2.11. The molecule has 1 amide bonds. The molecule has 4 nitrogen and oxygen atoms in total. The van der Waals surface area contributed by atoms with Crippen molar-refractivity contribution in [3.8, 4) is 0 Å². The zero-order valence-electron chi connectivity index (χ0n) is 10.7. The predicted octanol–water partition coefficient (Wildman–Crippen LogP) is 1.57. The third-order valence-corrected chi connectivity index (χ3v) is 3.33. The highest BCUT2D eigenvalue weighted by Gasteiger charge is 2.12. The smallest absolute Gasteiger partial charge is 0.225 e. The van der Waals surface area contributed by atoms with Gasteiger partial charge in [0.2, 0.25) is 5.91 Å². The van der Waals surface area contributed by atoms with Crippen LogP contribution < -0.4 is 11.1 Å². The second-order valence-electron chi connectivity index (χ2n) is 4.75. The van der Waals surface area contributed by atoms with Crippen LogP contribution in [0.5, 0.6) is 0 Å². The van der Waals surface area contributed by atoms with Crippen molar-refractivity contribution in [3.05, 3.63) is 29.8 Å². The Hall–Kier alpha value is -1.39. The minimum atomic E-state index is 0.0856. The van der Waals surface area contributed by atoms with Crippen LogP contribution in [0.15, 0.2) is 24.3 Å². The molecule has 1 fully saturated rings. The third kappa shape index (κ3) is 3.82. The Bertz CT molecular complexity index is 383. The van der Waals surface area contributed by atoms with Crippen LogP contribution in [-0.4, -0.2) is 30.4 Å². The largest absolute Gasteiger partial charge is 0.326 e.